The molecule has 0 aliphatic carbocycles. The van der Waals surface area contributed by atoms with Gasteiger partial charge in [0.15, 0.2) is 6.10 Å². The Kier molecular flexibility index (Phi) is 3.89. The minimum atomic E-state index is -2.15. The van der Waals surface area contributed by atoms with E-state index in [4.69, 9.17) is 5.11 Å². The maximum Gasteiger partial charge on any atom is 0.307 e. The lowest BCUT2D eigenvalue weighted by atomic mass is 10.0. The third kappa shape index (κ3) is 2.57. The molecule has 1 aromatic carbocycles. The van der Waals surface area contributed by atoms with Crippen LogP contribution in [0.3, 0.4) is 0 Å². The van der Waals surface area contributed by atoms with Gasteiger partial charge in [0, 0.05) is 5.56 Å². The van der Waals surface area contributed by atoms with E-state index < -0.39 is 45.9 Å². The molecular weight excluding hydrogens is 254 g/mol. The van der Waals surface area contributed by atoms with Crippen LogP contribution in [0.15, 0.2) is 12.1 Å². The molecule has 0 saturated heterocycles. The smallest absolute Gasteiger partial charge is 0.307 e. The van der Waals surface area contributed by atoms with Crippen LogP contribution in [0.1, 0.15) is 11.7 Å². The largest absolute Gasteiger partial charge is 0.385 e. The second-order valence-electron chi connectivity index (χ2n) is 3.37. The van der Waals surface area contributed by atoms with Crippen LogP contribution in [0.25, 0.3) is 0 Å². The summed E-state index contributed by atoms with van der Waals surface area (Å²) in [7, 11) is 0. The van der Waals surface area contributed by atoms with E-state index in [0.717, 1.165) is 0 Å². The Morgan fingerprint density at radius 3 is 2.33 bits per heavy atom. The molecule has 0 heterocycles. The lowest BCUT2D eigenvalue weighted by Crippen LogP contribution is -2.34. The van der Waals surface area contributed by atoms with Crippen molar-refractivity contribution < 1.29 is 28.7 Å². The Morgan fingerprint density at radius 2 is 1.89 bits per heavy atom. The zero-order valence-electron chi connectivity index (χ0n) is 8.71. The number of aliphatic hydroxyl groups excluding tert-OH is 2. The quantitative estimate of drug-likeness (QED) is 0.509. The van der Waals surface area contributed by atoms with Gasteiger partial charge in [0.25, 0.3) is 0 Å². The predicted octanol–water partition coefficient (Wildman–Crippen LogP) is -0.247. The fraction of sp³-hybridized carbons (Fsp3) is 0.222. The van der Waals surface area contributed by atoms with Crippen molar-refractivity contribution in [2.45, 2.75) is 12.2 Å². The van der Waals surface area contributed by atoms with Crippen molar-refractivity contribution in [3.8, 4) is 0 Å². The highest BCUT2D eigenvalue weighted by Gasteiger charge is 2.29. The van der Waals surface area contributed by atoms with Crippen molar-refractivity contribution in [1.29, 1.82) is 0 Å². The first kappa shape index (κ1) is 13.9. The molecule has 7 nitrogen and oxygen atoms in total. The summed E-state index contributed by atoms with van der Waals surface area (Å²) in [4.78, 5) is 19.7. The molecule has 98 valence electrons. The number of nitrogens with two attached hydrogens (primary N) is 1. The van der Waals surface area contributed by atoms with E-state index in [9.17, 15) is 28.8 Å². The highest BCUT2D eigenvalue weighted by molar-refractivity contribution is 5.79. The number of aliphatic hydroxyl groups is 2. The fourth-order valence-corrected chi connectivity index (χ4v) is 1.24. The summed E-state index contributed by atoms with van der Waals surface area (Å²) >= 11 is 0. The number of amides is 1. The van der Waals surface area contributed by atoms with Gasteiger partial charge in [-0.2, -0.15) is 4.39 Å². The molecule has 0 spiro atoms. The second kappa shape index (κ2) is 5.02. The number of carbonyl (C=O) groups is 1. The molecular formula is C9H8F2N2O5. The van der Waals surface area contributed by atoms with Crippen LogP contribution in [0.2, 0.25) is 0 Å². The van der Waals surface area contributed by atoms with Gasteiger partial charge < -0.3 is 15.9 Å². The van der Waals surface area contributed by atoms with E-state index in [1.165, 1.54) is 0 Å². The minimum Gasteiger partial charge on any atom is -0.385 e. The lowest BCUT2D eigenvalue weighted by molar-refractivity contribution is -0.387. The number of nitrogens with zero attached hydrogens (tertiary/aromatic N) is 1. The summed E-state index contributed by atoms with van der Waals surface area (Å²) in [6.45, 7) is 0. The Bertz CT molecular complexity index is 508. The topological polar surface area (TPSA) is 127 Å². The average Bonchev–Trinajstić information content (AvgIpc) is 2.29. The van der Waals surface area contributed by atoms with E-state index in [-0.39, 0.29) is 6.07 Å². The summed E-state index contributed by atoms with van der Waals surface area (Å²) in [5, 5.41) is 28.8. The number of benzene rings is 1. The third-order valence-electron chi connectivity index (χ3n) is 2.17. The Morgan fingerprint density at radius 1 is 1.33 bits per heavy atom. The molecule has 1 amide bonds. The Hall–Kier alpha value is -2.13. The van der Waals surface area contributed by atoms with Gasteiger partial charge in [0.1, 0.15) is 11.9 Å². The Labute approximate surface area is 98.6 Å². The van der Waals surface area contributed by atoms with Crippen LogP contribution < -0.4 is 5.73 Å². The standard InChI is InChI=1S/C9H8F2N2O5/c10-4-2-6(13(17)18)5(11)1-3(4)7(14)8(15)9(12)16/h1-2,7-8,14-15H,(H2,12,16). The molecule has 0 fully saturated rings. The van der Waals surface area contributed by atoms with Gasteiger partial charge in [-0.25, -0.2) is 4.39 Å². The maximum absolute atomic E-state index is 13.4. The summed E-state index contributed by atoms with van der Waals surface area (Å²) < 4.78 is 26.6. The van der Waals surface area contributed by atoms with Crippen LogP contribution in [0, 0.1) is 21.7 Å². The molecule has 0 aromatic heterocycles. The van der Waals surface area contributed by atoms with E-state index >= 15 is 0 Å². The first-order valence-electron chi connectivity index (χ1n) is 4.54. The van der Waals surface area contributed by atoms with Gasteiger partial charge >= 0.3 is 5.69 Å². The zero-order chi connectivity index (χ0) is 14.0. The highest BCUT2D eigenvalue weighted by Crippen LogP contribution is 2.27. The SMILES string of the molecule is NC(=O)C(O)C(O)c1cc(F)c([N+](=O)[O-])cc1F. The molecule has 4 N–H and O–H groups in total. The summed E-state index contributed by atoms with van der Waals surface area (Å²) in [5.41, 5.74) is 2.74. The van der Waals surface area contributed by atoms with Gasteiger partial charge in [-0.1, -0.05) is 0 Å². The van der Waals surface area contributed by atoms with Crippen LogP contribution in [-0.2, 0) is 4.79 Å². The second-order valence-corrected chi connectivity index (χ2v) is 3.37. The number of hydrogen-bond acceptors (Lipinski definition) is 5. The first-order chi connectivity index (χ1) is 8.25. The van der Waals surface area contributed by atoms with Crippen molar-refractivity contribution in [3.63, 3.8) is 0 Å². The van der Waals surface area contributed by atoms with Crippen molar-refractivity contribution >= 4 is 11.6 Å². The van der Waals surface area contributed by atoms with E-state index in [0.29, 0.717) is 6.07 Å². The number of primary amides is 1. The number of rotatable bonds is 4. The van der Waals surface area contributed by atoms with Gasteiger partial charge in [0.05, 0.1) is 11.0 Å². The summed E-state index contributed by atoms with van der Waals surface area (Å²) in [6, 6.07) is 0.561. The third-order valence-corrected chi connectivity index (χ3v) is 2.17. The molecule has 2 unspecified atom stereocenters. The highest BCUT2D eigenvalue weighted by atomic mass is 19.1. The predicted molar refractivity (Wildman–Crippen MR) is 53.2 cm³/mol. The minimum absolute atomic E-state index is 0.238. The molecule has 0 saturated carbocycles. The van der Waals surface area contributed by atoms with Crippen molar-refractivity contribution in [2.24, 2.45) is 5.73 Å². The fourth-order valence-electron chi connectivity index (χ4n) is 1.24. The molecule has 0 radical (unpaired) electrons. The van der Waals surface area contributed by atoms with Gasteiger partial charge in [-0.15, -0.1) is 0 Å². The van der Waals surface area contributed by atoms with Gasteiger partial charge in [-0.05, 0) is 6.07 Å². The molecule has 18 heavy (non-hydrogen) atoms. The van der Waals surface area contributed by atoms with E-state index in [2.05, 4.69) is 5.73 Å². The van der Waals surface area contributed by atoms with E-state index in [1.807, 2.05) is 0 Å². The number of nitro groups is 1. The maximum atomic E-state index is 13.4. The number of carbonyl (C=O) groups excluding carboxylic acids is 1. The molecule has 1 rings (SSSR count). The van der Waals surface area contributed by atoms with Gasteiger partial charge in [-0.3, -0.25) is 14.9 Å². The van der Waals surface area contributed by atoms with Crippen molar-refractivity contribution in [1.82, 2.24) is 0 Å². The molecule has 1 aromatic rings. The van der Waals surface area contributed by atoms with E-state index in [1.54, 1.807) is 0 Å². The zero-order valence-corrected chi connectivity index (χ0v) is 8.71. The molecule has 2 atom stereocenters. The molecule has 0 bridgehead atoms. The number of halogens is 2. The number of hydrogen-bond donors (Lipinski definition) is 3. The van der Waals surface area contributed by atoms with Crippen LogP contribution in [0.4, 0.5) is 14.5 Å². The van der Waals surface area contributed by atoms with Crippen LogP contribution in [-0.4, -0.2) is 27.1 Å². The molecule has 0 aliphatic rings. The molecule has 9 heteroatoms. The summed E-state index contributed by atoms with van der Waals surface area (Å²) in [5.74, 6) is -4.09. The lowest BCUT2D eigenvalue weighted by Gasteiger charge is -2.15. The monoisotopic (exact) mass is 262 g/mol. The summed E-state index contributed by atoms with van der Waals surface area (Å²) in [6.07, 6.45) is -4.27. The number of nitro benzene ring substituents is 1. The van der Waals surface area contributed by atoms with Crippen LogP contribution >= 0.6 is 0 Å². The normalized spacial score (nSPS) is 14.0. The molecule has 0 aliphatic heterocycles. The van der Waals surface area contributed by atoms with Crippen LogP contribution in [0.5, 0.6) is 0 Å². The first-order valence-corrected chi connectivity index (χ1v) is 4.54. The van der Waals surface area contributed by atoms with Crippen molar-refractivity contribution in [3.05, 3.63) is 39.4 Å². The van der Waals surface area contributed by atoms with Gasteiger partial charge in [0.2, 0.25) is 11.7 Å². The average molecular weight is 262 g/mol. The Balaban J connectivity index is 3.23. The van der Waals surface area contributed by atoms with Crippen molar-refractivity contribution in [2.75, 3.05) is 0 Å².